The molecule has 86 valence electrons. The highest BCUT2D eigenvalue weighted by atomic mass is 16.3. The molecule has 1 aliphatic heterocycles. The van der Waals surface area contributed by atoms with Gasteiger partial charge in [0.05, 0.1) is 0 Å². The zero-order valence-electron chi connectivity index (χ0n) is 9.63. The molecule has 5 nitrogen and oxygen atoms in total. The van der Waals surface area contributed by atoms with Gasteiger partial charge >= 0.3 is 0 Å². The summed E-state index contributed by atoms with van der Waals surface area (Å²) in [5.41, 5.74) is -2.33. The number of nitrogens with zero attached hydrogens (tertiary/aromatic N) is 1. The molecular formula is C10H18N2O3. The molecule has 1 rings (SSSR count). The van der Waals surface area contributed by atoms with Gasteiger partial charge in [0.25, 0.3) is 5.91 Å². The molecule has 0 unspecified atom stereocenters. The standard InChI is InChI=1S/C10H18N2O3/c1-9(2)7(13)11-5-6-12(9)8(14)10(3,4)15/h15H,5-6H2,1-4H3,(H,11,13). The second kappa shape index (κ2) is 3.48. The summed E-state index contributed by atoms with van der Waals surface area (Å²) in [6, 6.07) is 0. The van der Waals surface area contributed by atoms with Crippen LogP contribution in [-0.2, 0) is 9.59 Å². The fourth-order valence-electron chi connectivity index (χ4n) is 1.59. The van der Waals surface area contributed by atoms with Crippen LogP contribution < -0.4 is 5.32 Å². The molecule has 1 fully saturated rings. The maximum Gasteiger partial charge on any atom is 0.254 e. The van der Waals surface area contributed by atoms with Gasteiger partial charge in [0.15, 0.2) is 0 Å². The zero-order valence-corrected chi connectivity index (χ0v) is 9.63. The zero-order chi connectivity index (χ0) is 11.9. The van der Waals surface area contributed by atoms with E-state index in [0.717, 1.165) is 0 Å². The Kier molecular flexibility index (Phi) is 2.78. The van der Waals surface area contributed by atoms with Crippen LogP contribution in [0.5, 0.6) is 0 Å². The topological polar surface area (TPSA) is 69.6 Å². The lowest BCUT2D eigenvalue weighted by atomic mass is 9.95. The average Bonchev–Trinajstić information content (AvgIpc) is 2.07. The molecule has 1 aliphatic rings. The number of piperazine rings is 1. The van der Waals surface area contributed by atoms with E-state index in [1.54, 1.807) is 13.8 Å². The molecule has 0 aromatic heterocycles. The Morgan fingerprint density at radius 1 is 1.53 bits per heavy atom. The quantitative estimate of drug-likeness (QED) is 0.618. The molecular weight excluding hydrogens is 196 g/mol. The summed E-state index contributed by atoms with van der Waals surface area (Å²) in [5, 5.41) is 12.3. The average molecular weight is 214 g/mol. The van der Waals surface area contributed by atoms with Crippen molar-refractivity contribution in [3.05, 3.63) is 0 Å². The van der Waals surface area contributed by atoms with Gasteiger partial charge in [0.2, 0.25) is 5.91 Å². The van der Waals surface area contributed by atoms with Crippen molar-refractivity contribution >= 4 is 11.8 Å². The normalized spacial score (nSPS) is 21.1. The molecule has 1 heterocycles. The molecule has 0 saturated carbocycles. The van der Waals surface area contributed by atoms with Crippen molar-refractivity contribution in [2.24, 2.45) is 0 Å². The highest BCUT2D eigenvalue weighted by Crippen LogP contribution is 2.21. The van der Waals surface area contributed by atoms with Crippen molar-refractivity contribution in [3.63, 3.8) is 0 Å². The van der Waals surface area contributed by atoms with Gasteiger partial charge in [-0.05, 0) is 27.7 Å². The smallest absolute Gasteiger partial charge is 0.254 e. The van der Waals surface area contributed by atoms with Crippen molar-refractivity contribution < 1.29 is 14.7 Å². The van der Waals surface area contributed by atoms with Gasteiger partial charge in [0.1, 0.15) is 11.1 Å². The number of hydrogen-bond donors (Lipinski definition) is 2. The van der Waals surface area contributed by atoms with Crippen LogP contribution in [0.2, 0.25) is 0 Å². The van der Waals surface area contributed by atoms with Gasteiger partial charge < -0.3 is 15.3 Å². The predicted octanol–water partition coefficient (Wildman–Crippen LogP) is -0.506. The highest BCUT2D eigenvalue weighted by molar-refractivity contribution is 5.94. The van der Waals surface area contributed by atoms with E-state index in [4.69, 9.17) is 0 Å². The summed E-state index contributed by atoms with van der Waals surface area (Å²) >= 11 is 0. The molecule has 15 heavy (non-hydrogen) atoms. The van der Waals surface area contributed by atoms with Crippen LogP contribution in [0.4, 0.5) is 0 Å². The minimum Gasteiger partial charge on any atom is -0.381 e. The van der Waals surface area contributed by atoms with E-state index in [1.807, 2.05) is 0 Å². The summed E-state index contributed by atoms with van der Waals surface area (Å²) in [7, 11) is 0. The van der Waals surface area contributed by atoms with Crippen LogP contribution in [0.1, 0.15) is 27.7 Å². The van der Waals surface area contributed by atoms with Crippen LogP contribution in [0, 0.1) is 0 Å². The van der Waals surface area contributed by atoms with Gasteiger partial charge in [-0.1, -0.05) is 0 Å². The Hall–Kier alpha value is -1.10. The van der Waals surface area contributed by atoms with Gasteiger partial charge in [-0.3, -0.25) is 9.59 Å². The number of aliphatic hydroxyl groups is 1. The molecule has 1 saturated heterocycles. The molecule has 0 aromatic rings. The summed E-state index contributed by atoms with van der Waals surface area (Å²) < 4.78 is 0. The number of carbonyl (C=O) groups excluding carboxylic acids is 2. The number of amides is 2. The van der Waals surface area contributed by atoms with E-state index in [2.05, 4.69) is 5.32 Å². The third-order valence-electron chi connectivity index (χ3n) is 2.62. The predicted molar refractivity (Wildman–Crippen MR) is 55.1 cm³/mol. The van der Waals surface area contributed by atoms with Crippen LogP contribution in [0.25, 0.3) is 0 Å². The van der Waals surface area contributed by atoms with E-state index < -0.39 is 17.0 Å². The first-order valence-corrected chi connectivity index (χ1v) is 5.00. The number of hydrogen-bond acceptors (Lipinski definition) is 3. The molecule has 0 atom stereocenters. The number of carbonyl (C=O) groups is 2. The van der Waals surface area contributed by atoms with E-state index in [-0.39, 0.29) is 5.91 Å². The van der Waals surface area contributed by atoms with Crippen molar-refractivity contribution in [2.75, 3.05) is 13.1 Å². The fraction of sp³-hybridized carbons (Fsp3) is 0.800. The summed E-state index contributed by atoms with van der Waals surface area (Å²) in [5.74, 6) is -0.603. The van der Waals surface area contributed by atoms with Crippen LogP contribution in [0.3, 0.4) is 0 Å². The van der Waals surface area contributed by atoms with Crippen molar-refractivity contribution in [3.8, 4) is 0 Å². The second-order valence-corrected chi connectivity index (χ2v) is 4.83. The number of nitrogens with one attached hydrogen (secondary N) is 1. The molecule has 0 bridgehead atoms. The maximum absolute atomic E-state index is 11.9. The second-order valence-electron chi connectivity index (χ2n) is 4.83. The van der Waals surface area contributed by atoms with Crippen molar-refractivity contribution in [1.82, 2.24) is 10.2 Å². The molecule has 5 heteroatoms. The Labute approximate surface area is 89.4 Å². The van der Waals surface area contributed by atoms with Crippen LogP contribution >= 0.6 is 0 Å². The first-order valence-electron chi connectivity index (χ1n) is 5.00. The lowest BCUT2D eigenvalue weighted by Gasteiger charge is -2.43. The SMILES string of the molecule is CC(C)(O)C(=O)N1CCNC(=O)C1(C)C. The van der Waals surface area contributed by atoms with Gasteiger partial charge in [-0.15, -0.1) is 0 Å². The lowest BCUT2D eigenvalue weighted by molar-refractivity contribution is -0.160. The molecule has 2 amide bonds. The van der Waals surface area contributed by atoms with Gasteiger partial charge in [-0.25, -0.2) is 0 Å². The van der Waals surface area contributed by atoms with Crippen molar-refractivity contribution in [2.45, 2.75) is 38.8 Å². The van der Waals surface area contributed by atoms with Crippen LogP contribution in [-0.4, -0.2) is 46.1 Å². The maximum atomic E-state index is 11.9. The minimum atomic E-state index is -1.44. The lowest BCUT2D eigenvalue weighted by Crippen LogP contribution is -2.66. The monoisotopic (exact) mass is 214 g/mol. The molecule has 0 aliphatic carbocycles. The summed E-state index contributed by atoms with van der Waals surface area (Å²) in [4.78, 5) is 24.9. The first kappa shape index (κ1) is 12.0. The van der Waals surface area contributed by atoms with E-state index in [1.165, 1.54) is 18.7 Å². The third-order valence-corrected chi connectivity index (χ3v) is 2.62. The van der Waals surface area contributed by atoms with Gasteiger partial charge in [-0.2, -0.15) is 0 Å². The van der Waals surface area contributed by atoms with Crippen molar-refractivity contribution in [1.29, 1.82) is 0 Å². The third kappa shape index (κ3) is 2.12. The molecule has 0 spiro atoms. The van der Waals surface area contributed by atoms with E-state index >= 15 is 0 Å². The molecule has 0 aromatic carbocycles. The first-order chi connectivity index (χ1) is 6.67. The van der Waals surface area contributed by atoms with E-state index in [0.29, 0.717) is 13.1 Å². The van der Waals surface area contributed by atoms with Gasteiger partial charge in [0, 0.05) is 13.1 Å². The van der Waals surface area contributed by atoms with E-state index in [9.17, 15) is 14.7 Å². The molecule has 0 radical (unpaired) electrons. The number of rotatable bonds is 1. The highest BCUT2D eigenvalue weighted by Gasteiger charge is 2.44. The Bertz CT molecular complexity index is 292. The summed E-state index contributed by atoms with van der Waals surface area (Å²) in [6.07, 6.45) is 0. The summed E-state index contributed by atoms with van der Waals surface area (Å²) in [6.45, 7) is 7.07. The van der Waals surface area contributed by atoms with Crippen LogP contribution in [0.15, 0.2) is 0 Å². The molecule has 2 N–H and O–H groups in total. The minimum absolute atomic E-state index is 0.189. The largest absolute Gasteiger partial charge is 0.381 e. The Morgan fingerprint density at radius 3 is 2.53 bits per heavy atom. The Balaban J connectivity index is 2.95. The fourth-order valence-corrected chi connectivity index (χ4v) is 1.59. The Morgan fingerprint density at radius 2 is 2.07 bits per heavy atom.